The second kappa shape index (κ2) is 5.50. The first-order valence-corrected chi connectivity index (χ1v) is 6.82. The van der Waals surface area contributed by atoms with Crippen LogP contribution in [0.15, 0.2) is 27.1 Å². The highest BCUT2D eigenvalue weighted by Gasteiger charge is 2.27. The number of carbonyl (C=O) groups is 1. The number of nitrogens with one attached hydrogen (secondary N) is 1. The summed E-state index contributed by atoms with van der Waals surface area (Å²) in [7, 11) is 0. The van der Waals surface area contributed by atoms with Crippen molar-refractivity contribution in [2.75, 3.05) is 5.32 Å². The summed E-state index contributed by atoms with van der Waals surface area (Å²) < 4.78 is 1.73. The third-order valence-electron chi connectivity index (χ3n) is 2.40. The van der Waals surface area contributed by atoms with Gasteiger partial charge in [0, 0.05) is 8.95 Å². The molecule has 17 heavy (non-hydrogen) atoms. The second-order valence-corrected chi connectivity index (χ2v) is 6.73. The van der Waals surface area contributed by atoms with E-state index in [4.69, 9.17) is 5.73 Å². The summed E-state index contributed by atoms with van der Waals surface area (Å²) in [6.45, 7) is 5.81. The normalized spacial score (nSPS) is 13.3. The van der Waals surface area contributed by atoms with Crippen molar-refractivity contribution in [3.8, 4) is 0 Å². The minimum Gasteiger partial charge on any atom is -0.324 e. The zero-order valence-electron chi connectivity index (χ0n) is 10.1. The van der Waals surface area contributed by atoms with Crippen LogP contribution in [0.4, 0.5) is 5.69 Å². The number of halogens is 2. The van der Waals surface area contributed by atoms with E-state index in [0.717, 1.165) is 8.95 Å². The first kappa shape index (κ1) is 14.7. The van der Waals surface area contributed by atoms with E-state index in [2.05, 4.69) is 37.2 Å². The molecule has 0 aliphatic carbocycles. The molecule has 1 atom stereocenters. The number of benzene rings is 1. The number of anilines is 1. The summed E-state index contributed by atoms with van der Waals surface area (Å²) in [6, 6.07) is 5.04. The van der Waals surface area contributed by atoms with Gasteiger partial charge in [-0.15, -0.1) is 0 Å². The van der Waals surface area contributed by atoms with Crippen LogP contribution in [0, 0.1) is 5.41 Å². The Kier molecular flexibility index (Phi) is 4.75. The molecule has 0 aliphatic heterocycles. The minimum atomic E-state index is -0.548. The molecule has 0 spiro atoms. The van der Waals surface area contributed by atoms with Gasteiger partial charge in [0.05, 0.1) is 11.7 Å². The highest BCUT2D eigenvalue weighted by Crippen LogP contribution is 2.27. The predicted octanol–water partition coefficient (Wildman–Crippen LogP) is 3.52. The molecule has 0 radical (unpaired) electrons. The summed E-state index contributed by atoms with van der Waals surface area (Å²) in [6.07, 6.45) is 0. The van der Waals surface area contributed by atoms with Crippen molar-refractivity contribution in [1.29, 1.82) is 0 Å². The lowest BCUT2D eigenvalue weighted by molar-refractivity contribution is -0.119. The van der Waals surface area contributed by atoms with Crippen molar-refractivity contribution in [2.45, 2.75) is 26.8 Å². The van der Waals surface area contributed by atoms with Gasteiger partial charge in [-0.3, -0.25) is 4.79 Å². The lowest BCUT2D eigenvalue weighted by Gasteiger charge is -2.26. The molecule has 3 N–H and O–H groups in total. The fourth-order valence-corrected chi connectivity index (χ4v) is 1.90. The van der Waals surface area contributed by atoms with Crippen LogP contribution in [0.5, 0.6) is 0 Å². The summed E-state index contributed by atoms with van der Waals surface area (Å²) in [5.41, 5.74) is 6.34. The van der Waals surface area contributed by atoms with Gasteiger partial charge in [0.25, 0.3) is 0 Å². The van der Waals surface area contributed by atoms with Crippen molar-refractivity contribution in [2.24, 2.45) is 11.1 Å². The molecule has 94 valence electrons. The van der Waals surface area contributed by atoms with Gasteiger partial charge in [-0.05, 0) is 39.5 Å². The molecule has 1 aromatic rings. The number of hydrogen-bond acceptors (Lipinski definition) is 2. The maximum atomic E-state index is 12.0. The average Bonchev–Trinajstić information content (AvgIpc) is 2.21. The molecular weight excluding hydrogens is 348 g/mol. The fraction of sp³-hybridized carbons (Fsp3) is 0.417. The fourth-order valence-electron chi connectivity index (χ4n) is 1.20. The Morgan fingerprint density at radius 1 is 1.35 bits per heavy atom. The van der Waals surface area contributed by atoms with Crippen LogP contribution in [0.2, 0.25) is 0 Å². The molecular formula is C12H16Br2N2O. The lowest BCUT2D eigenvalue weighted by atomic mass is 9.87. The van der Waals surface area contributed by atoms with Crippen molar-refractivity contribution in [1.82, 2.24) is 0 Å². The summed E-state index contributed by atoms with van der Waals surface area (Å²) in [4.78, 5) is 12.0. The Balaban J connectivity index is 2.85. The molecule has 0 heterocycles. The van der Waals surface area contributed by atoms with Crippen LogP contribution >= 0.6 is 31.9 Å². The van der Waals surface area contributed by atoms with E-state index in [1.807, 2.05) is 39.0 Å². The van der Waals surface area contributed by atoms with Gasteiger partial charge in [-0.2, -0.15) is 0 Å². The molecule has 1 unspecified atom stereocenters. The van der Waals surface area contributed by atoms with E-state index in [0.29, 0.717) is 5.69 Å². The smallest absolute Gasteiger partial charge is 0.241 e. The van der Waals surface area contributed by atoms with Crippen molar-refractivity contribution >= 4 is 43.5 Å². The number of amides is 1. The van der Waals surface area contributed by atoms with E-state index in [1.165, 1.54) is 0 Å². The number of carbonyl (C=O) groups excluding carboxylic acids is 1. The van der Waals surface area contributed by atoms with Gasteiger partial charge in [0.1, 0.15) is 0 Å². The molecule has 0 saturated carbocycles. The molecule has 0 bridgehead atoms. The minimum absolute atomic E-state index is 0.184. The Morgan fingerprint density at radius 2 is 1.94 bits per heavy atom. The summed E-state index contributed by atoms with van der Waals surface area (Å²) in [5, 5.41) is 2.82. The zero-order chi connectivity index (χ0) is 13.2. The monoisotopic (exact) mass is 362 g/mol. The molecule has 1 rings (SSSR count). The van der Waals surface area contributed by atoms with Gasteiger partial charge >= 0.3 is 0 Å². The van der Waals surface area contributed by atoms with Gasteiger partial charge in [-0.25, -0.2) is 0 Å². The molecule has 0 aliphatic rings. The summed E-state index contributed by atoms with van der Waals surface area (Å²) in [5.74, 6) is -0.184. The van der Waals surface area contributed by atoms with E-state index in [-0.39, 0.29) is 11.3 Å². The van der Waals surface area contributed by atoms with Crippen molar-refractivity contribution in [3.05, 3.63) is 27.1 Å². The van der Waals surface area contributed by atoms with Crippen LogP contribution in [0.25, 0.3) is 0 Å². The number of rotatable bonds is 2. The van der Waals surface area contributed by atoms with E-state index in [9.17, 15) is 4.79 Å². The Hall–Kier alpha value is -0.390. The molecule has 1 aromatic carbocycles. The summed E-state index contributed by atoms with van der Waals surface area (Å²) >= 11 is 6.74. The highest BCUT2D eigenvalue weighted by molar-refractivity contribution is 9.11. The van der Waals surface area contributed by atoms with Crippen molar-refractivity contribution < 1.29 is 4.79 Å². The Bertz CT molecular complexity index is 427. The predicted molar refractivity (Wildman–Crippen MR) is 77.9 cm³/mol. The standard InChI is InChI=1S/C12H16Br2N2O/c1-12(2,3)10(15)11(17)16-9-6-7(13)4-5-8(9)14/h4-6,10H,15H2,1-3H3,(H,16,17). The molecule has 1 amide bonds. The van der Waals surface area contributed by atoms with Crippen LogP contribution < -0.4 is 11.1 Å². The van der Waals surface area contributed by atoms with E-state index < -0.39 is 6.04 Å². The van der Waals surface area contributed by atoms with Crippen molar-refractivity contribution in [3.63, 3.8) is 0 Å². The van der Waals surface area contributed by atoms with E-state index >= 15 is 0 Å². The lowest BCUT2D eigenvalue weighted by Crippen LogP contribution is -2.45. The number of hydrogen-bond donors (Lipinski definition) is 2. The first-order valence-electron chi connectivity index (χ1n) is 5.23. The van der Waals surface area contributed by atoms with Gasteiger partial charge in [-0.1, -0.05) is 36.7 Å². The van der Waals surface area contributed by atoms with Crippen LogP contribution in [0.1, 0.15) is 20.8 Å². The van der Waals surface area contributed by atoms with Gasteiger partial charge < -0.3 is 11.1 Å². The average molecular weight is 364 g/mol. The number of nitrogens with two attached hydrogens (primary N) is 1. The quantitative estimate of drug-likeness (QED) is 0.844. The highest BCUT2D eigenvalue weighted by atomic mass is 79.9. The van der Waals surface area contributed by atoms with E-state index in [1.54, 1.807) is 0 Å². The van der Waals surface area contributed by atoms with Crippen LogP contribution in [-0.4, -0.2) is 11.9 Å². The van der Waals surface area contributed by atoms with Gasteiger partial charge in [0.15, 0.2) is 0 Å². The molecule has 0 aromatic heterocycles. The third-order valence-corrected chi connectivity index (χ3v) is 3.59. The topological polar surface area (TPSA) is 55.1 Å². The van der Waals surface area contributed by atoms with Crippen LogP contribution in [0.3, 0.4) is 0 Å². The maximum absolute atomic E-state index is 12.0. The molecule has 0 saturated heterocycles. The maximum Gasteiger partial charge on any atom is 0.241 e. The SMILES string of the molecule is CC(C)(C)C(N)C(=O)Nc1cc(Br)ccc1Br. The van der Waals surface area contributed by atoms with Gasteiger partial charge in [0.2, 0.25) is 5.91 Å². The molecule has 3 nitrogen and oxygen atoms in total. The Morgan fingerprint density at radius 3 is 2.47 bits per heavy atom. The third kappa shape index (κ3) is 4.08. The Labute approximate surface area is 118 Å². The molecule has 5 heteroatoms. The largest absolute Gasteiger partial charge is 0.324 e. The zero-order valence-corrected chi connectivity index (χ0v) is 13.2. The second-order valence-electron chi connectivity index (χ2n) is 4.96. The first-order chi connectivity index (χ1) is 7.71. The van der Waals surface area contributed by atoms with Crippen LogP contribution in [-0.2, 0) is 4.79 Å². The molecule has 0 fully saturated rings.